The highest BCUT2D eigenvalue weighted by molar-refractivity contribution is 5.77. The zero-order chi connectivity index (χ0) is 44.4. The van der Waals surface area contributed by atoms with E-state index in [9.17, 15) is 14.4 Å². The highest BCUT2D eigenvalue weighted by atomic mass is 16.5. The predicted octanol–water partition coefficient (Wildman–Crippen LogP) is 3.15. The molecule has 3 amide bonds. The van der Waals surface area contributed by atoms with Crippen LogP contribution in [0.3, 0.4) is 0 Å². The topological polar surface area (TPSA) is 216 Å². The van der Waals surface area contributed by atoms with Gasteiger partial charge < -0.3 is 49.7 Å². The molecule has 4 N–H and O–H groups in total. The first kappa shape index (κ1) is 57.0. The maximum Gasteiger partial charge on any atom is 0.222 e. The maximum absolute atomic E-state index is 11.7. The number of allylic oxidation sites excluding steroid dienone is 1. The smallest absolute Gasteiger partial charge is 0.222 e. The van der Waals surface area contributed by atoms with E-state index in [4.69, 9.17) is 28.4 Å². The quantitative estimate of drug-likeness (QED) is 0.0733. The number of ether oxygens (including phenoxy) is 6. The van der Waals surface area contributed by atoms with Crippen LogP contribution in [0.2, 0.25) is 0 Å². The third kappa shape index (κ3) is 33.3. The first-order valence-corrected chi connectivity index (χ1v) is 21.2. The Hall–Kier alpha value is -4.01. The van der Waals surface area contributed by atoms with Crippen LogP contribution in [0.1, 0.15) is 87.0 Å². The Morgan fingerprint density at radius 3 is 1.26 bits per heavy atom. The van der Waals surface area contributed by atoms with E-state index >= 15 is 0 Å². The Morgan fingerprint density at radius 2 is 0.902 bits per heavy atom. The second-order valence-corrected chi connectivity index (χ2v) is 15.4. The number of nitrogens with zero attached hydrogens (tertiary/aromatic N) is 6. The van der Waals surface area contributed by atoms with E-state index in [0.717, 1.165) is 23.6 Å². The van der Waals surface area contributed by atoms with Gasteiger partial charge in [0.25, 0.3) is 0 Å². The van der Waals surface area contributed by atoms with Crippen molar-refractivity contribution >= 4 is 17.7 Å². The van der Waals surface area contributed by atoms with Crippen molar-refractivity contribution in [3.63, 3.8) is 0 Å². The van der Waals surface area contributed by atoms with Crippen molar-refractivity contribution in [1.82, 2.24) is 51.3 Å². The molecular formula is C42H80N10O9. The minimum absolute atomic E-state index is 0. The largest absolute Gasteiger partial charge is 0.386 e. The Bertz CT molecular complexity index is 1320. The molecule has 0 spiro atoms. The van der Waals surface area contributed by atoms with E-state index in [0.29, 0.717) is 143 Å². The van der Waals surface area contributed by atoms with Gasteiger partial charge in [0.05, 0.1) is 118 Å². The van der Waals surface area contributed by atoms with E-state index in [-0.39, 0.29) is 31.1 Å². The molecule has 19 nitrogen and oxygen atoms in total. The molecule has 0 fully saturated rings. The summed E-state index contributed by atoms with van der Waals surface area (Å²) in [6, 6.07) is 0. The zero-order valence-electron chi connectivity index (χ0n) is 37.7. The highest BCUT2D eigenvalue weighted by Gasteiger charge is 2.09. The summed E-state index contributed by atoms with van der Waals surface area (Å²) < 4.78 is 36.2. The molecule has 0 saturated carbocycles. The normalized spacial score (nSPS) is 11.1. The minimum Gasteiger partial charge on any atom is -0.386 e. The lowest BCUT2D eigenvalue weighted by atomic mass is 10.1. The van der Waals surface area contributed by atoms with Gasteiger partial charge in [-0.15, -0.1) is 10.2 Å². The van der Waals surface area contributed by atoms with Crippen molar-refractivity contribution in [3.8, 4) is 0 Å². The van der Waals surface area contributed by atoms with Gasteiger partial charge in [-0.1, -0.05) is 79.8 Å². The van der Waals surface area contributed by atoms with Crippen molar-refractivity contribution in [2.45, 2.75) is 102 Å². The molecule has 61 heavy (non-hydrogen) atoms. The number of carbonyl (C=O) groups excluding carboxylic acids is 3. The minimum atomic E-state index is -0.0119. The maximum atomic E-state index is 11.7. The van der Waals surface area contributed by atoms with Crippen LogP contribution in [0.25, 0.3) is 0 Å². The van der Waals surface area contributed by atoms with Crippen LogP contribution in [0.5, 0.6) is 0 Å². The van der Waals surface area contributed by atoms with Crippen LogP contribution in [-0.4, -0.2) is 140 Å². The SMILES string of the molecule is C.C=C(NCCOCCOCCOCCn1cc(CNC(=O)CC(C)C)nn1)C(C)C.CC(C)CC(=O)NCc1cn(CCOCCOCCOCCNC(=O)C(C)C)nn1. The summed E-state index contributed by atoms with van der Waals surface area (Å²) in [5, 5.41) is 27.8. The fourth-order valence-corrected chi connectivity index (χ4v) is 4.66. The monoisotopic (exact) mass is 869 g/mol. The number of hydrogen-bond acceptors (Lipinski definition) is 14. The molecule has 2 rings (SSSR count). The molecule has 0 bridgehead atoms. The van der Waals surface area contributed by atoms with Crippen LogP contribution in [0.15, 0.2) is 24.7 Å². The Kier molecular flexibility index (Phi) is 34.2. The van der Waals surface area contributed by atoms with Gasteiger partial charge in [-0.05, 0) is 17.8 Å². The number of nitrogens with one attached hydrogen (secondary N) is 4. The zero-order valence-corrected chi connectivity index (χ0v) is 37.7. The molecule has 0 aliphatic carbocycles. The average Bonchev–Trinajstić information content (AvgIpc) is 3.86. The van der Waals surface area contributed by atoms with Gasteiger partial charge in [-0.2, -0.15) is 0 Å². The summed E-state index contributed by atoms with van der Waals surface area (Å²) in [5.41, 5.74) is 2.49. The molecule has 0 aliphatic heterocycles. The summed E-state index contributed by atoms with van der Waals surface area (Å²) in [6.45, 7) is 29.3. The van der Waals surface area contributed by atoms with Gasteiger partial charge in [0.15, 0.2) is 0 Å². The molecule has 0 aliphatic rings. The number of amides is 3. The average molecular weight is 869 g/mol. The molecule has 0 radical (unpaired) electrons. The molecule has 2 aromatic rings. The van der Waals surface area contributed by atoms with E-state index in [1.54, 1.807) is 15.6 Å². The lowest BCUT2D eigenvalue weighted by Gasteiger charge is -2.12. The van der Waals surface area contributed by atoms with Crippen molar-refractivity contribution in [1.29, 1.82) is 0 Å². The fourth-order valence-electron chi connectivity index (χ4n) is 4.66. The van der Waals surface area contributed by atoms with Crippen molar-refractivity contribution in [3.05, 3.63) is 36.1 Å². The molecule has 19 heteroatoms. The molecule has 352 valence electrons. The highest BCUT2D eigenvalue weighted by Crippen LogP contribution is 2.02. The number of carbonyl (C=O) groups is 3. The molecule has 0 atom stereocenters. The third-order valence-corrected chi connectivity index (χ3v) is 8.08. The lowest BCUT2D eigenvalue weighted by Crippen LogP contribution is -2.31. The molecule has 0 unspecified atom stereocenters. The number of aromatic nitrogens is 6. The van der Waals surface area contributed by atoms with Crippen LogP contribution in [-0.2, 0) is 69.0 Å². The van der Waals surface area contributed by atoms with Gasteiger partial charge in [-0.25, -0.2) is 9.36 Å². The van der Waals surface area contributed by atoms with E-state index in [1.807, 2.05) is 47.7 Å². The van der Waals surface area contributed by atoms with Gasteiger partial charge in [0, 0.05) is 37.5 Å². The number of rotatable bonds is 35. The second-order valence-electron chi connectivity index (χ2n) is 15.4. The molecule has 0 aromatic carbocycles. The summed E-state index contributed by atoms with van der Waals surface area (Å²) in [5.74, 6) is 1.17. The van der Waals surface area contributed by atoms with Crippen molar-refractivity contribution in [2.75, 3.05) is 92.4 Å². The van der Waals surface area contributed by atoms with Crippen LogP contribution >= 0.6 is 0 Å². The van der Waals surface area contributed by atoms with Gasteiger partial charge in [-0.3, -0.25) is 14.4 Å². The van der Waals surface area contributed by atoms with Gasteiger partial charge in [0.1, 0.15) is 11.4 Å². The summed E-state index contributed by atoms with van der Waals surface area (Å²) in [7, 11) is 0. The third-order valence-electron chi connectivity index (χ3n) is 8.08. The van der Waals surface area contributed by atoms with Crippen molar-refractivity contribution < 1.29 is 42.8 Å². The standard InChI is InChI=1S/C21H39N5O4.C20H37N5O5.CH4/c1-17(2)14-21(27)23-15-20-16-26(25-24-20)7-9-29-11-13-30-12-10-28-8-6-22-19(5)18(3)4;1-16(2)13-19(26)22-14-18-15-25(24-23-18)6-8-29-10-12-30-11-9-28-7-5-21-20(27)17(3)4;/h16-18,22H,5-15H2,1-4H3,(H,23,27);15-17H,5-14H2,1-4H3,(H,21,27)(H,22,26);1H4. The van der Waals surface area contributed by atoms with E-state index < -0.39 is 0 Å². The van der Waals surface area contributed by atoms with E-state index in [2.05, 4.69) is 62.3 Å². The van der Waals surface area contributed by atoms with Gasteiger partial charge in [0.2, 0.25) is 17.7 Å². The second kappa shape index (κ2) is 36.6. The molecule has 2 heterocycles. The molecule has 2 aromatic heterocycles. The summed E-state index contributed by atoms with van der Waals surface area (Å²) in [4.78, 5) is 34.6. The first-order chi connectivity index (χ1) is 28.8. The van der Waals surface area contributed by atoms with Crippen LogP contribution in [0, 0.1) is 23.7 Å². The van der Waals surface area contributed by atoms with Crippen molar-refractivity contribution in [2.24, 2.45) is 23.7 Å². The van der Waals surface area contributed by atoms with E-state index in [1.165, 1.54) is 0 Å². The summed E-state index contributed by atoms with van der Waals surface area (Å²) in [6.07, 6.45) is 4.64. The van der Waals surface area contributed by atoms with Gasteiger partial charge >= 0.3 is 0 Å². The Labute approximate surface area is 365 Å². The van der Waals surface area contributed by atoms with Crippen LogP contribution < -0.4 is 21.3 Å². The molecule has 0 saturated heterocycles. The Balaban J connectivity index is 0.00000116. The van der Waals surface area contributed by atoms with Crippen LogP contribution in [0.4, 0.5) is 0 Å². The summed E-state index contributed by atoms with van der Waals surface area (Å²) >= 11 is 0. The lowest BCUT2D eigenvalue weighted by molar-refractivity contribution is -0.124. The number of hydrogen-bond donors (Lipinski definition) is 4. The predicted molar refractivity (Wildman–Crippen MR) is 234 cm³/mol. The molecular weight excluding hydrogens is 789 g/mol. The first-order valence-electron chi connectivity index (χ1n) is 21.2. The fraction of sp³-hybridized carbons (Fsp3) is 0.786. The Morgan fingerprint density at radius 1 is 0.541 bits per heavy atom.